The molecule has 1 amide bonds. The van der Waals surface area contributed by atoms with Crippen LogP contribution in [0.3, 0.4) is 0 Å². The number of hydrogen-bond acceptors (Lipinski definition) is 4. The van der Waals surface area contributed by atoms with Gasteiger partial charge in [0.05, 0.1) is 18.1 Å². The van der Waals surface area contributed by atoms with Crippen LogP contribution in [0, 0.1) is 0 Å². The molecule has 6 nitrogen and oxygen atoms in total. The Balaban J connectivity index is 2.09. The summed E-state index contributed by atoms with van der Waals surface area (Å²) in [5.74, 6) is -0.174. The van der Waals surface area contributed by atoms with Gasteiger partial charge in [-0.05, 0) is 30.7 Å². The van der Waals surface area contributed by atoms with Crippen LogP contribution >= 0.6 is 0 Å². The Kier molecular flexibility index (Phi) is 5.70. The van der Waals surface area contributed by atoms with Crippen LogP contribution < -0.4 is 5.32 Å². The van der Waals surface area contributed by atoms with Gasteiger partial charge in [0.15, 0.2) is 0 Å². The summed E-state index contributed by atoms with van der Waals surface area (Å²) >= 11 is 0. The molecule has 0 bridgehead atoms. The van der Waals surface area contributed by atoms with Gasteiger partial charge in [0.1, 0.15) is 0 Å². The summed E-state index contributed by atoms with van der Waals surface area (Å²) < 4.78 is 31.5. The Hall–Kier alpha value is -1.70. The Labute approximate surface area is 130 Å². The fraction of sp³-hybridized carbons (Fsp3) is 0.400. The molecule has 1 saturated heterocycles. The van der Waals surface area contributed by atoms with E-state index in [1.54, 1.807) is 30.3 Å². The van der Waals surface area contributed by atoms with Crippen molar-refractivity contribution in [1.29, 1.82) is 0 Å². The van der Waals surface area contributed by atoms with E-state index in [1.807, 2.05) is 6.92 Å². The molecule has 120 valence electrons. The third-order valence-corrected chi connectivity index (χ3v) is 5.18. The van der Waals surface area contributed by atoms with Crippen molar-refractivity contribution in [3.63, 3.8) is 0 Å². The maximum absolute atomic E-state index is 12.4. The highest BCUT2D eigenvalue weighted by Gasteiger charge is 2.25. The maximum Gasteiger partial charge on any atom is 0.243 e. The van der Waals surface area contributed by atoms with E-state index in [-0.39, 0.29) is 10.8 Å². The van der Waals surface area contributed by atoms with Crippen LogP contribution in [0.5, 0.6) is 0 Å². The average molecular weight is 324 g/mol. The number of benzene rings is 1. The lowest BCUT2D eigenvalue weighted by molar-refractivity contribution is -0.116. The Morgan fingerprint density at radius 2 is 1.91 bits per heavy atom. The Bertz CT molecular complexity index is 632. The molecular formula is C15H20N2O4S. The van der Waals surface area contributed by atoms with Gasteiger partial charge in [-0.15, -0.1) is 0 Å². The van der Waals surface area contributed by atoms with Crippen molar-refractivity contribution in [3.05, 3.63) is 35.9 Å². The van der Waals surface area contributed by atoms with E-state index in [4.69, 9.17) is 4.74 Å². The first-order chi connectivity index (χ1) is 10.5. The standard InChI is InChI=1S/C15H20N2O4S/c1-2-16-15(18)8-5-13-3-6-14(7-4-13)22(19,20)17-9-11-21-12-10-17/h3-8H,2,9-12H2,1H3,(H,16,18). The lowest BCUT2D eigenvalue weighted by Gasteiger charge is -2.26. The molecule has 1 aromatic carbocycles. The molecule has 7 heteroatoms. The second-order valence-corrected chi connectivity index (χ2v) is 6.75. The SMILES string of the molecule is CCNC(=O)C=Cc1ccc(S(=O)(=O)N2CCOCC2)cc1. The second-order valence-electron chi connectivity index (χ2n) is 4.81. The molecule has 1 heterocycles. The number of sulfonamides is 1. The molecule has 1 fully saturated rings. The van der Waals surface area contributed by atoms with Gasteiger partial charge >= 0.3 is 0 Å². The summed E-state index contributed by atoms with van der Waals surface area (Å²) in [5, 5.41) is 2.65. The zero-order chi connectivity index (χ0) is 16.0. The Morgan fingerprint density at radius 1 is 1.27 bits per heavy atom. The second kappa shape index (κ2) is 7.53. The van der Waals surface area contributed by atoms with Crippen LogP contribution in [0.25, 0.3) is 6.08 Å². The van der Waals surface area contributed by atoms with Gasteiger partial charge in [0, 0.05) is 25.7 Å². The minimum Gasteiger partial charge on any atom is -0.379 e. The third-order valence-electron chi connectivity index (χ3n) is 3.27. The molecule has 0 unspecified atom stereocenters. The third kappa shape index (κ3) is 4.16. The van der Waals surface area contributed by atoms with Gasteiger partial charge in [-0.25, -0.2) is 8.42 Å². The fourth-order valence-electron chi connectivity index (χ4n) is 2.09. The van der Waals surface area contributed by atoms with Crippen LogP contribution in [0.15, 0.2) is 35.2 Å². The summed E-state index contributed by atoms with van der Waals surface area (Å²) in [5.41, 5.74) is 0.771. The lowest BCUT2D eigenvalue weighted by atomic mass is 10.2. The summed E-state index contributed by atoms with van der Waals surface area (Å²) in [6.07, 6.45) is 3.07. The molecule has 22 heavy (non-hydrogen) atoms. The molecule has 0 saturated carbocycles. The molecule has 0 atom stereocenters. The highest BCUT2D eigenvalue weighted by molar-refractivity contribution is 7.89. The minimum absolute atomic E-state index is 0.174. The molecular weight excluding hydrogens is 304 g/mol. The number of ether oxygens (including phenoxy) is 1. The molecule has 0 aliphatic carbocycles. The quantitative estimate of drug-likeness (QED) is 0.815. The van der Waals surface area contributed by atoms with E-state index >= 15 is 0 Å². The van der Waals surface area contributed by atoms with E-state index in [9.17, 15) is 13.2 Å². The van der Waals surface area contributed by atoms with E-state index < -0.39 is 10.0 Å². The van der Waals surface area contributed by atoms with Crippen LogP contribution in [0.4, 0.5) is 0 Å². The predicted molar refractivity (Wildman–Crippen MR) is 83.7 cm³/mol. The van der Waals surface area contributed by atoms with E-state index in [1.165, 1.54) is 10.4 Å². The minimum atomic E-state index is -3.47. The van der Waals surface area contributed by atoms with Gasteiger partial charge in [-0.3, -0.25) is 4.79 Å². The number of likely N-dealkylation sites (N-methyl/N-ethyl adjacent to an activating group) is 1. The highest BCUT2D eigenvalue weighted by atomic mass is 32.2. The first-order valence-electron chi connectivity index (χ1n) is 7.18. The number of nitrogens with one attached hydrogen (secondary N) is 1. The number of rotatable bonds is 5. The smallest absolute Gasteiger partial charge is 0.243 e. The summed E-state index contributed by atoms with van der Waals surface area (Å²) in [6, 6.07) is 6.48. The number of carbonyl (C=O) groups is 1. The van der Waals surface area contributed by atoms with Crippen LogP contribution in [-0.2, 0) is 19.6 Å². The van der Waals surface area contributed by atoms with Gasteiger partial charge in [-0.2, -0.15) is 4.31 Å². The topological polar surface area (TPSA) is 75.7 Å². The van der Waals surface area contributed by atoms with Crippen molar-refractivity contribution >= 4 is 22.0 Å². The molecule has 0 aromatic heterocycles. The summed E-state index contributed by atoms with van der Waals surface area (Å²) in [4.78, 5) is 11.6. The average Bonchev–Trinajstić information content (AvgIpc) is 2.54. The number of nitrogens with zero attached hydrogens (tertiary/aromatic N) is 1. The molecule has 1 aliphatic rings. The van der Waals surface area contributed by atoms with Gasteiger partial charge in [-0.1, -0.05) is 12.1 Å². The van der Waals surface area contributed by atoms with Gasteiger partial charge in [0.2, 0.25) is 15.9 Å². The lowest BCUT2D eigenvalue weighted by Crippen LogP contribution is -2.40. The Morgan fingerprint density at radius 3 is 2.50 bits per heavy atom. The normalized spacial score (nSPS) is 16.8. The molecule has 0 spiro atoms. The van der Waals surface area contributed by atoms with Crippen molar-refractivity contribution in [2.75, 3.05) is 32.8 Å². The zero-order valence-electron chi connectivity index (χ0n) is 12.5. The fourth-order valence-corrected chi connectivity index (χ4v) is 3.50. The predicted octanol–water partition coefficient (Wildman–Crippen LogP) is 0.857. The summed E-state index contributed by atoms with van der Waals surface area (Å²) in [7, 11) is -3.47. The van der Waals surface area contributed by atoms with Crippen LogP contribution in [-0.4, -0.2) is 51.5 Å². The molecule has 2 rings (SSSR count). The van der Waals surface area contributed by atoms with Crippen LogP contribution in [0.2, 0.25) is 0 Å². The van der Waals surface area contributed by atoms with Crippen molar-refractivity contribution in [2.24, 2.45) is 0 Å². The molecule has 1 N–H and O–H groups in total. The highest BCUT2D eigenvalue weighted by Crippen LogP contribution is 2.18. The van der Waals surface area contributed by atoms with E-state index in [0.29, 0.717) is 32.8 Å². The zero-order valence-corrected chi connectivity index (χ0v) is 13.3. The van der Waals surface area contributed by atoms with Crippen molar-refractivity contribution < 1.29 is 17.9 Å². The van der Waals surface area contributed by atoms with Crippen LogP contribution in [0.1, 0.15) is 12.5 Å². The van der Waals surface area contributed by atoms with Gasteiger partial charge in [0.25, 0.3) is 0 Å². The number of amides is 1. The van der Waals surface area contributed by atoms with Gasteiger partial charge < -0.3 is 10.1 Å². The monoisotopic (exact) mass is 324 g/mol. The van der Waals surface area contributed by atoms with E-state index in [0.717, 1.165) is 5.56 Å². The first-order valence-corrected chi connectivity index (χ1v) is 8.62. The molecule has 1 aromatic rings. The number of hydrogen-bond donors (Lipinski definition) is 1. The number of morpholine rings is 1. The van der Waals surface area contributed by atoms with E-state index in [2.05, 4.69) is 5.32 Å². The largest absolute Gasteiger partial charge is 0.379 e. The summed E-state index contributed by atoms with van der Waals surface area (Å²) in [6.45, 7) is 4.01. The maximum atomic E-state index is 12.4. The molecule has 0 radical (unpaired) electrons. The van der Waals surface area contributed by atoms with Crippen molar-refractivity contribution in [1.82, 2.24) is 9.62 Å². The molecule has 1 aliphatic heterocycles. The first kappa shape index (κ1) is 16.7. The van der Waals surface area contributed by atoms with Crippen molar-refractivity contribution in [2.45, 2.75) is 11.8 Å². The van der Waals surface area contributed by atoms with Crippen molar-refractivity contribution in [3.8, 4) is 0 Å². The number of carbonyl (C=O) groups excluding carboxylic acids is 1.